The van der Waals surface area contributed by atoms with Crippen molar-refractivity contribution in [3.05, 3.63) is 70.8 Å². The summed E-state index contributed by atoms with van der Waals surface area (Å²) < 4.78 is 24.8. The highest BCUT2D eigenvalue weighted by atomic mass is 16.7. The van der Waals surface area contributed by atoms with E-state index < -0.39 is 30.7 Å². The lowest BCUT2D eigenvalue weighted by Gasteiger charge is -2.08. The maximum Gasteiger partial charge on any atom is 0.338 e. The lowest BCUT2D eigenvalue weighted by molar-refractivity contribution is -0.170. The second-order valence-electron chi connectivity index (χ2n) is 7.66. The fraction of sp³-hybridized carbons (Fsp3) is 0.385. The Kier molecular flexibility index (Phi) is 12.0. The number of carbonyl (C=O) groups is 4. The van der Waals surface area contributed by atoms with Gasteiger partial charge in [-0.25, -0.2) is 14.4 Å². The molecule has 2 aromatic carbocycles. The number of unbranched alkanes of at least 4 members (excludes halogenated alkanes) is 1. The Morgan fingerprint density at radius 2 is 1.11 bits per heavy atom. The lowest BCUT2D eigenvalue weighted by atomic mass is 10.1. The van der Waals surface area contributed by atoms with E-state index in [9.17, 15) is 19.2 Å². The number of rotatable bonds is 14. The maximum atomic E-state index is 11.9. The molecule has 0 bridgehead atoms. The summed E-state index contributed by atoms with van der Waals surface area (Å²) in [6.45, 7) is 3.14. The molecule has 0 amide bonds. The van der Waals surface area contributed by atoms with Crippen molar-refractivity contribution < 1.29 is 42.9 Å². The Labute approximate surface area is 204 Å². The van der Waals surface area contributed by atoms with Gasteiger partial charge in [0, 0.05) is 6.42 Å². The first-order chi connectivity index (χ1) is 16.8. The van der Waals surface area contributed by atoms with Gasteiger partial charge in [0.25, 0.3) is 0 Å². The third-order valence-electron chi connectivity index (χ3n) is 4.70. The first-order valence-corrected chi connectivity index (χ1v) is 11.2. The van der Waals surface area contributed by atoms with Crippen LogP contribution in [0.4, 0.5) is 0 Å². The van der Waals surface area contributed by atoms with Crippen molar-refractivity contribution in [3.8, 4) is 0 Å². The van der Waals surface area contributed by atoms with Gasteiger partial charge < -0.3 is 23.7 Å². The molecular weight excluding hydrogens is 456 g/mol. The predicted molar refractivity (Wildman–Crippen MR) is 125 cm³/mol. The molecule has 0 aromatic heterocycles. The van der Waals surface area contributed by atoms with E-state index in [-0.39, 0.29) is 32.8 Å². The summed E-state index contributed by atoms with van der Waals surface area (Å²) in [6, 6.07) is 14.0. The summed E-state index contributed by atoms with van der Waals surface area (Å²) in [5.41, 5.74) is 2.99. The Hall–Kier alpha value is -3.72. The van der Waals surface area contributed by atoms with Crippen molar-refractivity contribution in [2.24, 2.45) is 0 Å². The van der Waals surface area contributed by atoms with Crippen molar-refractivity contribution in [2.75, 3.05) is 33.2 Å². The maximum absolute atomic E-state index is 11.9. The molecule has 0 saturated carbocycles. The quantitative estimate of drug-likeness (QED) is 0.171. The third-order valence-corrected chi connectivity index (χ3v) is 4.70. The zero-order valence-electron chi connectivity index (χ0n) is 19.9. The molecule has 0 heterocycles. The molecule has 35 heavy (non-hydrogen) atoms. The van der Waals surface area contributed by atoms with Crippen molar-refractivity contribution in [3.63, 3.8) is 0 Å². The van der Waals surface area contributed by atoms with E-state index in [2.05, 4.69) is 0 Å². The van der Waals surface area contributed by atoms with Gasteiger partial charge in [0.2, 0.25) is 6.79 Å². The average molecular weight is 487 g/mol. The molecule has 2 aromatic rings. The van der Waals surface area contributed by atoms with E-state index in [1.54, 1.807) is 36.4 Å². The van der Waals surface area contributed by atoms with Gasteiger partial charge in [-0.2, -0.15) is 0 Å². The number of hydrogen-bond donors (Lipinski definition) is 0. The molecule has 0 aliphatic rings. The zero-order chi connectivity index (χ0) is 25.5. The van der Waals surface area contributed by atoms with Crippen LogP contribution in [0.5, 0.6) is 0 Å². The first kappa shape index (κ1) is 27.5. The molecule has 0 N–H and O–H groups in total. The number of hydrogen-bond acceptors (Lipinski definition) is 9. The molecule has 0 aliphatic heterocycles. The zero-order valence-corrected chi connectivity index (χ0v) is 19.9. The first-order valence-electron chi connectivity index (χ1n) is 11.2. The lowest BCUT2D eigenvalue weighted by Crippen LogP contribution is -2.19. The molecule has 0 atom stereocenters. The van der Waals surface area contributed by atoms with Gasteiger partial charge in [-0.3, -0.25) is 4.79 Å². The molecule has 188 valence electrons. The molecule has 9 heteroatoms. The van der Waals surface area contributed by atoms with Crippen LogP contribution >= 0.6 is 0 Å². The molecule has 0 aliphatic carbocycles. The molecule has 0 fully saturated rings. The monoisotopic (exact) mass is 486 g/mol. The molecule has 0 saturated heterocycles. The second-order valence-corrected chi connectivity index (χ2v) is 7.66. The van der Waals surface area contributed by atoms with Crippen LogP contribution in [0.2, 0.25) is 0 Å². The highest BCUT2D eigenvalue weighted by Gasteiger charge is 2.10. The van der Waals surface area contributed by atoms with E-state index in [4.69, 9.17) is 23.7 Å². The van der Waals surface area contributed by atoms with E-state index in [0.29, 0.717) is 24.0 Å². The number of ether oxygens (including phenoxy) is 5. The SMILES string of the molecule is Cc1ccc(C(=O)OCCCCC(=O)OCOC(=O)COCCOC(=O)c2ccc(C)cc2)cc1. The Bertz CT molecular complexity index is 886. The number of benzene rings is 2. The van der Waals surface area contributed by atoms with Gasteiger partial charge in [-0.15, -0.1) is 0 Å². The fourth-order valence-electron chi connectivity index (χ4n) is 2.71. The highest BCUT2D eigenvalue weighted by Crippen LogP contribution is 2.07. The van der Waals surface area contributed by atoms with Crippen LogP contribution in [0.3, 0.4) is 0 Å². The topological polar surface area (TPSA) is 114 Å². The van der Waals surface area contributed by atoms with E-state index in [1.807, 2.05) is 26.0 Å². The van der Waals surface area contributed by atoms with E-state index >= 15 is 0 Å². The summed E-state index contributed by atoms with van der Waals surface area (Å²) in [6.07, 6.45) is 1.05. The molecule has 0 unspecified atom stereocenters. The van der Waals surface area contributed by atoms with Crippen LogP contribution in [0, 0.1) is 13.8 Å². The Morgan fingerprint density at radius 3 is 1.69 bits per heavy atom. The molecule has 2 rings (SSSR count). The van der Waals surface area contributed by atoms with Gasteiger partial charge >= 0.3 is 23.9 Å². The van der Waals surface area contributed by atoms with Gasteiger partial charge in [0.05, 0.1) is 24.3 Å². The number of aryl methyl sites for hydroxylation is 2. The van der Waals surface area contributed by atoms with Crippen LogP contribution < -0.4 is 0 Å². The smallest absolute Gasteiger partial charge is 0.338 e. The van der Waals surface area contributed by atoms with Crippen molar-refractivity contribution in [2.45, 2.75) is 33.1 Å². The Morgan fingerprint density at radius 1 is 0.600 bits per heavy atom. The van der Waals surface area contributed by atoms with Gasteiger partial charge in [-0.05, 0) is 51.0 Å². The third kappa shape index (κ3) is 11.3. The van der Waals surface area contributed by atoms with Gasteiger partial charge in [0.1, 0.15) is 13.2 Å². The second kappa shape index (κ2) is 15.2. The van der Waals surface area contributed by atoms with Crippen molar-refractivity contribution in [1.29, 1.82) is 0 Å². The highest BCUT2D eigenvalue weighted by molar-refractivity contribution is 5.89. The molecular formula is C26H30O9. The minimum absolute atomic E-state index is 0.0149. The Balaban J connectivity index is 1.43. The minimum Gasteiger partial charge on any atom is -0.462 e. The van der Waals surface area contributed by atoms with Crippen molar-refractivity contribution in [1.82, 2.24) is 0 Å². The molecule has 9 nitrogen and oxygen atoms in total. The molecule has 0 radical (unpaired) electrons. The van der Waals surface area contributed by atoms with Crippen LogP contribution in [0.25, 0.3) is 0 Å². The largest absolute Gasteiger partial charge is 0.462 e. The van der Waals surface area contributed by atoms with Crippen molar-refractivity contribution >= 4 is 23.9 Å². The fourth-order valence-corrected chi connectivity index (χ4v) is 2.71. The summed E-state index contributed by atoms with van der Waals surface area (Å²) >= 11 is 0. The number of carbonyl (C=O) groups excluding carboxylic acids is 4. The normalized spacial score (nSPS) is 10.3. The van der Waals surface area contributed by atoms with E-state index in [0.717, 1.165) is 11.1 Å². The number of esters is 4. The van der Waals surface area contributed by atoms with Crippen LogP contribution in [0.15, 0.2) is 48.5 Å². The van der Waals surface area contributed by atoms with Crippen LogP contribution in [-0.4, -0.2) is 57.1 Å². The predicted octanol–water partition coefficient (Wildman–Crippen LogP) is 3.55. The minimum atomic E-state index is -0.717. The standard InChI is InChI=1S/C26H30O9/c1-19-6-10-21(11-7-19)25(29)32-14-4-3-5-23(27)34-18-35-24(28)17-31-15-16-33-26(30)22-12-8-20(2)9-13-22/h6-13H,3-5,14-18H2,1-2H3. The summed E-state index contributed by atoms with van der Waals surface area (Å²) in [5, 5.41) is 0. The van der Waals surface area contributed by atoms with Gasteiger partial charge in [-0.1, -0.05) is 35.4 Å². The average Bonchev–Trinajstić information content (AvgIpc) is 2.84. The van der Waals surface area contributed by atoms with E-state index in [1.165, 1.54) is 0 Å². The summed E-state index contributed by atoms with van der Waals surface area (Å²) in [4.78, 5) is 47.0. The van der Waals surface area contributed by atoms with Crippen LogP contribution in [-0.2, 0) is 33.3 Å². The van der Waals surface area contributed by atoms with Gasteiger partial charge in [0.15, 0.2) is 0 Å². The molecule has 0 spiro atoms. The van der Waals surface area contributed by atoms with Crippen LogP contribution in [0.1, 0.15) is 51.1 Å². The summed E-state index contributed by atoms with van der Waals surface area (Å²) in [7, 11) is 0. The summed E-state index contributed by atoms with van der Waals surface area (Å²) in [5.74, 6) is -2.14.